The molecule has 110 valence electrons. The van der Waals surface area contributed by atoms with E-state index in [1.807, 2.05) is 0 Å². The molecule has 0 spiro atoms. The van der Waals surface area contributed by atoms with E-state index in [4.69, 9.17) is 0 Å². The summed E-state index contributed by atoms with van der Waals surface area (Å²) in [6.07, 6.45) is 7.91. The lowest BCUT2D eigenvalue weighted by molar-refractivity contribution is -0.00948. The quantitative estimate of drug-likeness (QED) is 0.877. The zero-order chi connectivity index (χ0) is 14.0. The van der Waals surface area contributed by atoms with E-state index in [1.165, 1.54) is 30.4 Å². The number of aliphatic hydroxyl groups is 1. The minimum Gasteiger partial charge on any atom is -0.385 e. The minimum absolute atomic E-state index is 0.585. The van der Waals surface area contributed by atoms with Gasteiger partial charge in [-0.25, -0.2) is 0 Å². The van der Waals surface area contributed by atoms with Gasteiger partial charge in [-0.05, 0) is 62.1 Å². The Morgan fingerprint density at radius 2 is 1.85 bits per heavy atom. The molecular formula is C18H27NO. The Morgan fingerprint density at radius 3 is 2.45 bits per heavy atom. The first-order valence-electron chi connectivity index (χ1n) is 8.28. The SMILES string of the molecule is CCNC1CCC(O)(c2ccccc2C2CCC2)CC1. The zero-order valence-electron chi connectivity index (χ0n) is 12.6. The molecule has 2 nitrogen and oxygen atoms in total. The van der Waals surface area contributed by atoms with Crippen LogP contribution in [0, 0.1) is 0 Å². The van der Waals surface area contributed by atoms with Gasteiger partial charge in [-0.2, -0.15) is 0 Å². The molecule has 2 N–H and O–H groups in total. The van der Waals surface area contributed by atoms with Crippen molar-refractivity contribution in [1.82, 2.24) is 5.32 Å². The molecule has 0 radical (unpaired) electrons. The summed E-state index contributed by atoms with van der Waals surface area (Å²) >= 11 is 0. The topological polar surface area (TPSA) is 32.3 Å². The van der Waals surface area contributed by atoms with Crippen molar-refractivity contribution < 1.29 is 5.11 Å². The van der Waals surface area contributed by atoms with Gasteiger partial charge in [0.15, 0.2) is 0 Å². The maximum atomic E-state index is 11.2. The molecule has 0 heterocycles. The van der Waals surface area contributed by atoms with E-state index in [9.17, 15) is 5.11 Å². The number of rotatable bonds is 4. The number of benzene rings is 1. The predicted molar refractivity (Wildman–Crippen MR) is 82.9 cm³/mol. The van der Waals surface area contributed by atoms with Crippen LogP contribution in [0.4, 0.5) is 0 Å². The van der Waals surface area contributed by atoms with Crippen LogP contribution in [0.1, 0.15) is 68.9 Å². The molecular weight excluding hydrogens is 246 g/mol. The second-order valence-corrected chi connectivity index (χ2v) is 6.58. The zero-order valence-corrected chi connectivity index (χ0v) is 12.6. The van der Waals surface area contributed by atoms with Crippen molar-refractivity contribution in [3.8, 4) is 0 Å². The van der Waals surface area contributed by atoms with Crippen molar-refractivity contribution in [2.45, 2.75) is 69.4 Å². The van der Waals surface area contributed by atoms with Crippen molar-refractivity contribution in [2.75, 3.05) is 6.54 Å². The Hall–Kier alpha value is -0.860. The summed E-state index contributed by atoms with van der Waals surface area (Å²) in [6, 6.07) is 9.22. The van der Waals surface area contributed by atoms with Crippen LogP contribution in [0.2, 0.25) is 0 Å². The average molecular weight is 273 g/mol. The third kappa shape index (κ3) is 2.64. The Labute approximate surface area is 122 Å². The molecule has 2 aliphatic rings. The summed E-state index contributed by atoms with van der Waals surface area (Å²) < 4.78 is 0. The molecule has 0 amide bonds. The van der Waals surface area contributed by atoms with E-state index in [1.54, 1.807) is 0 Å². The van der Waals surface area contributed by atoms with E-state index in [0.29, 0.717) is 12.0 Å². The van der Waals surface area contributed by atoms with Crippen molar-refractivity contribution in [1.29, 1.82) is 0 Å². The third-order valence-corrected chi connectivity index (χ3v) is 5.31. The summed E-state index contributed by atoms with van der Waals surface area (Å²) in [5.74, 6) is 0.696. The van der Waals surface area contributed by atoms with E-state index < -0.39 is 5.60 Å². The molecule has 3 rings (SSSR count). The second kappa shape index (κ2) is 5.87. The Balaban J connectivity index is 1.78. The molecule has 0 atom stereocenters. The molecule has 2 heteroatoms. The first-order valence-corrected chi connectivity index (χ1v) is 8.28. The van der Waals surface area contributed by atoms with E-state index in [2.05, 4.69) is 36.5 Å². The van der Waals surface area contributed by atoms with E-state index in [-0.39, 0.29) is 0 Å². The molecule has 2 saturated carbocycles. The van der Waals surface area contributed by atoms with E-state index in [0.717, 1.165) is 32.2 Å². The third-order valence-electron chi connectivity index (χ3n) is 5.31. The van der Waals surface area contributed by atoms with Crippen molar-refractivity contribution in [3.63, 3.8) is 0 Å². The van der Waals surface area contributed by atoms with Gasteiger partial charge in [0.25, 0.3) is 0 Å². The highest BCUT2D eigenvalue weighted by molar-refractivity contribution is 5.36. The molecule has 0 bridgehead atoms. The molecule has 0 saturated heterocycles. The molecule has 1 aromatic carbocycles. The van der Waals surface area contributed by atoms with Crippen LogP contribution >= 0.6 is 0 Å². The predicted octanol–water partition coefficient (Wildman–Crippen LogP) is 3.69. The maximum Gasteiger partial charge on any atom is 0.0900 e. The summed E-state index contributed by atoms with van der Waals surface area (Å²) in [5, 5.41) is 14.7. The first kappa shape index (κ1) is 14.1. The van der Waals surface area contributed by atoms with Gasteiger partial charge in [0, 0.05) is 6.04 Å². The summed E-state index contributed by atoms with van der Waals surface area (Å²) in [5.41, 5.74) is 2.06. The smallest absolute Gasteiger partial charge is 0.0900 e. The van der Waals surface area contributed by atoms with Gasteiger partial charge in [0.2, 0.25) is 0 Å². The van der Waals surface area contributed by atoms with Gasteiger partial charge in [0.05, 0.1) is 5.60 Å². The minimum atomic E-state index is -0.585. The monoisotopic (exact) mass is 273 g/mol. The molecule has 20 heavy (non-hydrogen) atoms. The summed E-state index contributed by atoms with van der Waals surface area (Å²) in [4.78, 5) is 0. The van der Waals surface area contributed by atoms with Crippen LogP contribution in [-0.4, -0.2) is 17.7 Å². The van der Waals surface area contributed by atoms with Crippen molar-refractivity contribution in [3.05, 3.63) is 35.4 Å². The van der Waals surface area contributed by atoms with Crippen LogP contribution < -0.4 is 5.32 Å². The highest BCUT2D eigenvalue weighted by atomic mass is 16.3. The standard InChI is InChI=1S/C18H27NO/c1-2-19-15-10-12-18(20,13-11-15)17-9-4-3-8-16(17)14-6-5-7-14/h3-4,8-9,14-15,19-20H,2,5-7,10-13H2,1H3. The average Bonchev–Trinajstić information content (AvgIpc) is 2.41. The van der Waals surface area contributed by atoms with Crippen LogP contribution in [0.25, 0.3) is 0 Å². The Bertz CT molecular complexity index is 444. The fourth-order valence-corrected chi connectivity index (χ4v) is 3.85. The highest BCUT2D eigenvalue weighted by Crippen LogP contribution is 2.44. The van der Waals surface area contributed by atoms with E-state index >= 15 is 0 Å². The summed E-state index contributed by atoms with van der Waals surface area (Å²) in [6.45, 7) is 3.19. The molecule has 0 aromatic heterocycles. The molecule has 0 aliphatic heterocycles. The molecule has 0 unspecified atom stereocenters. The van der Waals surface area contributed by atoms with Gasteiger partial charge < -0.3 is 10.4 Å². The van der Waals surface area contributed by atoms with Crippen LogP contribution in [0.5, 0.6) is 0 Å². The molecule has 2 fully saturated rings. The lowest BCUT2D eigenvalue weighted by Crippen LogP contribution is -2.40. The highest BCUT2D eigenvalue weighted by Gasteiger charge is 2.37. The largest absolute Gasteiger partial charge is 0.385 e. The van der Waals surface area contributed by atoms with Crippen LogP contribution in [-0.2, 0) is 5.60 Å². The van der Waals surface area contributed by atoms with Gasteiger partial charge in [-0.3, -0.25) is 0 Å². The molecule has 2 aliphatic carbocycles. The number of nitrogens with one attached hydrogen (secondary N) is 1. The second-order valence-electron chi connectivity index (χ2n) is 6.58. The normalized spacial score (nSPS) is 31.0. The Kier molecular flexibility index (Phi) is 4.13. The first-order chi connectivity index (χ1) is 9.73. The fourth-order valence-electron chi connectivity index (χ4n) is 3.85. The van der Waals surface area contributed by atoms with Crippen LogP contribution in [0.15, 0.2) is 24.3 Å². The molecule has 1 aromatic rings. The van der Waals surface area contributed by atoms with Gasteiger partial charge >= 0.3 is 0 Å². The van der Waals surface area contributed by atoms with Gasteiger partial charge in [-0.15, -0.1) is 0 Å². The van der Waals surface area contributed by atoms with Crippen molar-refractivity contribution >= 4 is 0 Å². The maximum absolute atomic E-state index is 11.2. The Morgan fingerprint density at radius 1 is 1.15 bits per heavy atom. The number of hydrogen-bond donors (Lipinski definition) is 2. The summed E-state index contributed by atoms with van der Waals surface area (Å²) in [7, 11) is 0. The van der Waals surface area contributed by atoms with Gasteiger partial charge in [-0.1, -0.05) is 37.6 Å². The van der Waals surface area contributed by atoms with Crippen molar-refractivity contribution in [2.24, 2.45) is 0 Å². The lowest BCUT2D eigenvalue weighted by atomic mass is 9.71. The number of hydrogen-bond acceptors (Lipinski definition) is 2. The van der Waals surface area contributed by atoms with Gasteiger partial charge in [0.1, 0.15) is 0 Å². The fraction of sp³-hybridized carbons (Fsp3) is 0.667. The van der Waals surface area contributed by atoms with Crippen LogP contribution in [0.3, 0.4) is 0 Å². The lowest BCUT2D eigenvalue weighted by Gasteiger charge is -2.40.